The fourth-order valence-electron chi connectivity index (χ4n) is 1.78. The van der Waals surface area contributed by atoms with Crippen LogP contribution in [-0.4, -0.2) is 15.8 Å². The van der Waals surface area contributed by atoms with E-state index in [1.165, 1.54) is 0 Å². The molecule has 1 unspecified atom stereocenters. The Morgan fingerprint density at radius 1 is 1.25 bits per heavy atom. The Morgan fingerprint density at radius 3 is 2.94 bits per heavy atom. The topological polar surface area (TPSA) is 79.1 Å². The largest absolute Gasteiger partial charge is 0.383 e. The summed E-state index contributed by atoms with van der Waals surface area (Å²) in [5.41, 5.74) is 7.83. The standard InChI is InChI=1S/C11H11N5/c12-9-7-3-1-2-4-8(7)15-11(16-9)10-13-5-6-14-10/h1-6,11,15H,(H2,12,16)(H,13,14). The number of anilines is 1. The summed E-state index contributed by atoms with van der Waals surface area (Å²) in [6.07, 6.45) is 3.23. The zero-order valence-electron chi connectivity index (χ0n) is 8.51. The first-order valence-corrected chi connectivity index (χ1v) is 5.03. The number of nitrogens with two attached hydrogens (primary N) is 1. The number of nitrogens with one attached hydrogen (secondary N) is 2. The number of fused-ring (bicyclic) bond motifs is 1. The number of imidazole rings is 1. The summed E-state index contributed by atoms with van der Waals surface area (Å²) in [4.78, 5) is 11.5. The van der Waals surface area contributed by atoms with E-state index in [1.54, 1.807) is 12.4 Å². The molecule has 5 heteroatoms. The van der Waals surface area contributed by atoms with Crippen molar-refractivity contribution in [2.45, 2.75) is 6.17 Å². The first kappa shape index (κ1) is 8.96. The van der Waals surface area contributed by atoms with Crippen LogP contribution in [-0.2, 0) is 0 Å². The number of aliphatic imine (C=N–C) groups is 1. The van der Waals surface area contributed by atoms with Gasteiger partial charge in [0.15, 0.2) is 12.0 Å². The first-order valence-electron chi connectivity index (χ1n) is 5.03. The molecule has 80 valence electrons. The highest BCUT2D eigenvalue weighted by Gasteiger charge is 2.20. The van der Waals surface area contributed by atoms with E-state index < -0.39 is 0 Å². The third kappa shape index (κ3) is 1.33. The summed E-state index contributed by atoms with van der Waals surface area (Å²) in [5, 5.41) is 3.27. The Kier molecular flexibility index (Phi) is 1.89. The normalized spacial score (nSPS) is 18.5. The Morgan fingerprint density at radius 2 is 2.12 bits per heavy atom. The smallest absolute Gasteiger partial charge is 0.179 e. The van der Waals surface area contributed by atoms with Crippen molar-refractivity contribution in [3.8, 4) is 0 Å². The highest BCUT2D eigenvalue weighted by molar-refractivity contribution is 6.03. The number of rotatable bonds is 1. The van der Waals surface area contributed by atoms with Crippen LogP contribution < -0.4 is 11.1 Å². The SMILES string of the molecule is NC1=NC(c2ncc[nH]2)Nc2ccccc21. The van der Waals surface area contributed by atoms with Gasteiger partial charge in [-0.3, -0.25) is 0 Å². The fourth-order valence-corrected chi connectivity index (χ4v) is 1.78. The third-order valence-electron chi connectivity index (χ3n) is 2.54. The predicted octanol–water partition coefficient (Wildman–Crippen LogP) is 1.24. The van der Waals surface area contributed by atoms with Crippen LogP contribution in [0.3, 0.4) is 0 Å². The summed E-state index contributed by atoms with van der Waals surface area (Å²) in [6, 6.07) is 7.83. The molecule has 0 saturated carbocycles. The van der Waals surface area contributed by atoms with Gasteiger partial charge < -0.3 is 16.0 Å². The molecule has 1 aromatic heterocycles. The van der Waals surface area contributed by atoms with Crippen molar-refractivity contribution < 1.29 is 0 Å². The molecule has 0 radical (unpaired) electrons. The highest BCUT2D eigenvalue weighted by Crippen LogP contribution is 2.26. The Labute approximate surface area is 92.4 Å². The van der Waals surface area contributed by atoms with Gasteiger partial charge >= 0.3 is 0 Å². The van der Waals surface area contributed by atoms with Gasteiger partial charge in [0.25, 0.3) is 0 Å². The number of amidine groups is 1. The summed E-state index contributed by atoms with van der Waals surface area (Å²) < 4.78 is 0. The molecule has 1 aliphatic rings. The van der Waals surface area contributed by atoms with Crippen molar-refractivity contribution in [1.29, 1.82) is 0 Å². The van der Waals surface area contributed by atoms with Crippen molar-refractivity contribution >= 4 is 11.5 Å². The fraction of sp³-hybridized carbons (Fsp3) is 0.0909. The minimum Gasteiger partial charge on any atom is -0.383 e. The van der Waals surface area contributed by atoms with E-state index in [0.717, 1.165) is 17.1 Å². The second-order valence-electron chi connectivity index (χ2n) is 3.58. The number of H-pyrrole nitrogens is 1. The zero-order chi connectivity index (χ0) is 11.0. The van der Waals surface area contributed by atoms with E-state index >= 15 is 0 Å². The van der Waals surface area contributed by atoms with Gasteiger partial charge in [-0.1, -0.05) is 12.1 Å². The summed E-state index contributed by atoms with van der Waals surface area (Å²) in [5.74, 6) is 1.30. The molecule has 0 fully saturated rings. The number of hydrogen-bond donors (Lipinski definition) is 3. The van der Waals surface area contributed by atoms with E-state index in [1.807, 2.05) is 24.3 Å². The molecule has 2 aromatic rings. The molecule has 1 aromatic carbocycles. The molecule has 0 amide bonds. The number of aromatic amines is 1. The third-order valence-corrected chi connectivity index (χ3v) is 2.54. The van der Waals surface area contributed by atoms with E-state index in [2.05, 4.69) is 20.3 Å². The average molecular weight is 213 g/mol. The van der Waals surface area contributed by atoms with Gasteiger partial charge in [0.1, 0.15) is 5.84 Å². The van der Waals surface area contributed by atoms with Gasteiger partial charge in [0.2, 0.25) is 0 Å². The van der Waals surface area contributed by atoms with Crippen molar-refractivity contribution in [2.75, 3.05) is 5.32 Å². The lowest BCUT2D eigenvalue weighted by molar-refractivity contribution is 0.765. The monoisotopic (exact) mass is 213 g/mol. The maximum atomic E-state index is 5.91. The second-order valence-corrected chi connectivity index (χ2v) is 3.58. The Balaban J connectivity index is 2.03. The van der Waals surface area contributed by atoms with E-state index in [4.69, 9.17) is 5.73 Å². The second kappa shape index (κ2) is 3.37. The van der Waals surface area contributed by atoms with E-state index in [9.17, 15) is 0 Å². The number of aromatic nitrogens is 2. The molecule has 0 bridgehead atoms. The lowest BCUT2D eigenvalue weighted by Gasteiger charge is -2.22. The van der Waals surface area contributed by atoms with Gasteiger partial charge in [-0.05, 0) is 12.1 Å². The summed E-state index contributed by atoms with van der Waals surface area (Å²) >= 11 is 0. The van der Waals surface area contributed by atoms with Crippen LogP contribution in [0.1, 0.15) is 17.6 Å². The molecule has 4 N–H and O–H groups in total. The summed E-state index contributed by atoms with van der Waals surface area (Å²) in [7, 11) is 0. The molecular weight excluding hydrogens is 202 g/mol. The molecule has 0 spiro atoms. The van der Waals surface area contributed by atoms with Gasteiger partial charge in [-0.15, -0.1) is 0 Å². The molecule has 2 heterocycles. The molecule has 0 saturated heterocycles. The molecule has 16 heavy (non-hydrogen) atoms. The van der Waals surface area contributed by atoms with Crippen molar-refractivity contribution in [2.24, 2.45) is 10.7 Å². The van der Waals surface area contributed by atoms with Crippen LogP contribution in [0.2, 0.25) is 0 Å². The Hall–Kier alpha value is -2.30. The number of hydrogen-bond acceptors (Lipinski definition) is 4. The predicted molar refractivity (Wildman–Crippen MR) is 62.1 cm³/mol. The minimum atomic E-state index is -0.232. The van der Waals surface area contributed by atoms with Crippen LogP contribution in [0.15, 0.2) is 41.7 Å². The molecule has 1 aliphatic heterocycles. The quantitative estimate of drug-likeness (QED) is 0.666. The molecule has 3 rings (SSSR count). The molecular formula is C11H11N5. The summed E-state index contributed by atoms with van der Waals surface area (Å²) in [6.45, 7) is 0. The number of nitrogens with zero attached hydrogens (tertiary/aromatic N) is 2. The number of para-hydroxylation sites is 1. The minimum absolute atomic E-state index is 0.232. The lowest BCUT2D eigenvalue weighted by atomic mass is 10.1. The van der Waals surface area contributed by atoms with Gasteiger partial charge in [-0.25, -0.2) is 9.98 Å². The maximum Gasteiger partial charge on any atom is 0.179 e. The van der Waals surface area contributed by atoms with Gasteiger partial charge in [-0.2, -0.15) is 0 Å². The molecule has 0 aliphatic carbocycles. The maximum absolute atomic E-state index is 5.91. The number of benzene rings is 1. The van der Waals surface area contributed by atoms with Crippen LogP contribution in [0.4, 0.5) is 5.69 Å². The first-order chi connectivity index (χ1) is 7.84. The van der Waals surface area contributed by atoms with Crippen LogP contribution in [0.25, 0.3) is 0 Å². The highest BCUT2D eigenvalue weighted by atomic mass is 15.2. The van der Waals surface area contributed by atoms with Crippen molar-refractivity contribution in [1.82, 2.24) is 9.97 Å². The zero-order valence-corrected chi connectivity index (χ0v) is 8.51. The average Bonchev–Trinajstić information content (AvgIpc) is 2.82. The van der Waals surface area contributed by atoms with Crippen LogP contribution in [0, 0.1) is 0 Å². The Bertz CT molecular complexity index is 529. The van der Waals surface area contributed by atoms with Gasteiger partial charge in [0.05, 0.1) is 0 Å². The van der Waals surface area contributed by atoms with Crippen molar-refractivity contribution in [3.05, 3.63) is 48.0 Å². The van der Waals surface area contributed by atoms with Gasteiger partial charge in [0, 0.05) is 23.6 Å². The molecule has 5 nitrogen and oxygen atoms in total. The van der Waals surface area contributed by atoms with E-state index in [-0.39, 0.29) is 6.17 Å². The van der Waals surface area contributed by atoms with Crippen molar-refractivity contribution in [3.63, 3.8) is 0 Å². The lowest BCUT2D eigenvalue weighted by Crippen LogP contribution is -2.25. The van der Waals surface area contributed by atoms with E-state index in [0.29, 0.717) is 5.84 Å². The van der Waals surface area contributed by atoms with Crippen LogP contribution >= 0.6 is 0 Å². The molecule has 1 atom stereocenters. The van der Waals surface area contributed by atoms with Crippen LogP contribution in [0.5, 0.6) is 0 Å².